The number of phenolic OH excluding ortho intramolecular Hbond substituents is 1. The molecule has 4 aromatic rings. The van der Waals surface area contributed by atoms with Crippen LogP contribution in [0.4, 0.5) is 9.18 Å². The van der Waals surface area contributed by atoms with E-state index in [2.05, 4.69) is 20.9 Å². The number of nitrogens with one attached hydrogen (secondary N) is 4. The molecule has 1 aliphatic rings. The topological polar surface area (TPSA) is 159 Å². The number of aromatic hydroxyl groups is 1. The average Bonchev–Trinajstić information content (AvgIpc) is 3.46. The molecule has 5 rings (SSSR count). The van der Waals surface area contributed by atoms with Crippen molar-refractivity contribution >= 4 is 69.2 Å². The van der Waals surface area contributed by atoms with Crippen LogP contribution >= 0.6 is 35.4 Å². The summed E-state index contributed by atoms with van der Waals surface area (Å²) >= 11 is 18.3. The van der Waals surface area contributed by atoms with E-state index in [4.69, 9.17) is 45.9 Å². The molecule has 14 heteroatoms. The number of thiocarbonyl (C=S) groups is 1. The SMILES string of the molecule is CC[C@H](C)[C@H](NC(=O)[C@@]1(NC(=O)C(CCc2ccc(O)cc2)NC(=O)OCc2cccc(F)c2)CCc2[nH]c3c(Cl)cc(Cl)cc3c2C1)C(N)=S. The molecule has 0 saturated carbocycles. The smallest absolute Gasteiger partial charge is 0.408 e. The van der Waals surface area contributed by atoms with Gasteiger partial charge in [-0.3, -0.25) is 9.59 Å². The highest BCUT2D eigenvalue weighted by atomic mass is 35.5. The molecule has 1 heterocycles. The van der Waals surface area contributed by atoms with Crippen LogP contribution in [0.2, 0.25) is 10.0 Å². The number of rotatable bonds is 13. The first kappa shape index (κ1) is 37.9. The fourth-order valence-electron chi connectivity index (χ4n) is 6.36. The fraction of sp³-hybridized carbons (Fsp3) is 0.351. The molecule has 0 saturated heterocycles. The second-order valence-corrected chi connectivity index (χ2v) is 14.3. The minimum atomic E-state index is -1.49. The van der Waals surface area contributed by atoms with Gasteiger partial charge >= 0.3 is 6.09 Å². The Bertz CT molecular complexity index is 1940. The van der Waals surface area contributed by atoms with Gasteiger partial charge in [0.05, 0.1) is 21.6 Å². The number of hydrogen-bond donors (Lipinski definition) is 6. The van der Waals surface area contributed by atoms with E-state index < -0.39 is 41.3 Å². The van der Waals surface area contributed by atoms with Crippen LogP contribution < -0.4 is 21.7 Å². The molecule has 0 fully saturated rings. The first-order valence-electron chi connectivity index (χ1n) is 16.6. The number of nitrogens with two attached hydrogens (primary N) is 1. The van der Waals surface area contributed by atoms with Gasteiger partial charge in [0.1, 0.15) is 29.8 Å². The van der Waals surface area contributed by atoms with E-state index in [1.54, 1.807) is 30.3 Å². The number of carbonyl (C=O) groups excluding carboxylic acids is 3. The number of hydrogen-bond acceptors (Lipinski definition) is 6. The maximum Gasteiger partial charge on any atom is 0.408 e. The first-order valence-corrected chi connectivity index (χ1v) is 17.8. The van der Waals surface area contributed by atoms with Gasteiger partial charge in [-0.05, 0) is 84.7 Å². The third-order valence-corrected chi connectivity index (χ3v) is 10.2. The zero-order valence-corrected chi connectivity index (χ0v) is 30.5. The summed E-state index contributed by atoms with van der Waals surface area (Å²) in [4.78, 5) is 45.3. The second-order valence-electron chi connectivity index (χ2n) is 13.0. The molecule has 4 atom stereocenters. The Morgan fingerprint density at radius 1 is 1.10 bits per heavy atom. The van der Waals surface area contributed by atoms with Crippen molar-refractivity contribution in [3.63, 3.8) is 0 Å². The Labute approximate surface area is 310 Å². The summed E-state index contributed by atoms with van der Waals surface area (Å²) in [5.41, 5.74) is 8.13. The number of carbonyl (C=O) groups is 3. The predicted molar refractivity (Wildman–Crippen MR) is 199 cm³/mol. The third-order valence-electron chi connectivity index (χ3n) is 9.43. The van der Waals surface area contributed by atoms with Gasteiger partial charge in [-0.25, -0.2) is 9.18 Å². The number of benzene rings is 3. The van der Waals surface area contributed by atoms with Crippen molar-refractivity contribution in [1.82, 2.24) is 20.9 Å². The molecule has 1 unspecified atom stereocenters. The highest BCUT2D eigenvalue weighted by molar-refractivity contribution is 7.80. The summed E-state index contributed by atoms with van der Waals surface area (Å²) in [5, 5.41) is 20.0. The molecule has 7 N–H and O–H groups in total. The normalized spacial score (nSPS) is 17.1. The van der Waals surface area contributed by atoms with Crippen LogP contribution in [-0.4, -0.2) is 50.6 Å². The van der Waals surface area contributed by atoms with Crippen molar-refractivity contribution in [3.8, 4) is 5.75 Å². The predicted octanol–water partition coefficient (Wildman–Crippen LogP) is 6.41. The van der Waals surface area contributed by atoms with Gasteiger partial charge in [0.25, 0.3) is 0 Å². The molecule has 10 nitrogen and oxygen atoms in total. The maximum atomic E-state index is 14.5. The molecule has 0 aliphatic heterocycles. The van der Waals surface area contributed by atoms with E-state index in [0.29, 0.717) is 40.4 Å². The van der Waals surface area contributed by atoms with Gasteiger partial charge in [0.15, 0.2) is 0 Å². The van der Waals surface area contributed by atoms with Gasteiger partial charge in [-0.1, -0.05) is 80.0 Å². The fourth-order valence-corrected chi connectivity index (χ4v) is 7.19. The Morgan fingerprint density at radius 2 is 1.84 bits per heavy atom. The van der Waals surface area contributed by atoms with Gasteiger partial charge in [-0.15, -0.1) is 0 Å². The Hall–Kier alpha value is -4.39. The Balaban J connectivity index is 1.46. The third kappa shape index (κ3) is 9.10. The van der Waals surface area contributed by atoms with E-state index in [-0.39, 0.29) is 42.5 Å². The van der Waals surface area contributed by atoms with Crippen molar-refractivity contribution in [2.24, 2.45) is 11.7 Å². The number of phenols is 1. The lowest BCUT2D eigenvalue weighted by atomic mass is 9.78. The zero-order valence-electron chi connectivity index (χ0n) is 28.2. The van der Waals surface area contributed by atoms with Crippen LogP contribution in [-0.2, 0) is 40.2 Å². The van der Waals surface area contributed by atoms with Gasteiger partial charge in [0, 0.05) is 22.5 Å². The number of H-pyrrole nitrogens is 1. The number of aromatic nitrogens is 1. The van der Waals surface area contributed by atoms with Crippen molar-refractivity contribution in [2.45, 2.75) is 76.6 Å². The molecule has 0 bridgehead atoms. The van der Waals surface area contributed by atoms with Crippen LogP contribution in [0.15, 0.2) is 60.7 Å². The van der Waals surface area contributed by atoms with E-state index in [1.807, 2.05) is 13.8 Å². The highest BCUT2D eigenvalue weighted by Crippen LogP contribution is 2.38. The Kier molecular flexibility index (Phi) is 12.1. The van der Waals surface area contributed by atoms with Gasteiger partial charge in [-0.2, -0.15) is 0 Å². The van der Waals surface area contributed by atoms with Crippen LogP contribution in [0, 0.1) is 11.7 Å². The highest BCUT2D eigenvalue weighted by Gasteiger charge is 2.46. The second kappa shape index (κ2) is 16.3. The Morgan fingerprint density at radius 3 is 2.53 bits per heavy atom. The maximum absolute atomic E-state index is 14.5. The summed E-state index contributed by atoms with van der Waals surface area (Å²) < 4.78 is 19.1. The number of amides is 3. The molecular weight excluding hydrogens is 716 g/mol. The number of alkyl carbamates (subject to hydrolysis) is 1. The number of aryl methyl sites for hydroxylation is 2. The summed E-state index contributed by atoms with van der Waals surface area (Å²) in [6.07, 6.45) is 0.907. The molecule has 0 radical (unpaired) electrons. The largest absolute Gasteiger partial charge is 0.508 e. The van der Waals surface area contributed by atoms with E-state index in [1.165, 1.54) is 30.3 Å². The number of fused-ring (bicyclic) bond motifs is 3. The minimum Gasteiger partial charge on any atom is -0.508 e. The summed E-state index contributed by atoms with van der Waals surface area (Å²) in [5.74, 6) is -1.58. The van der Waals surface area contributed by atoms with Crippen molar-refractivity contribution in [1.29, 1.82) is 0 Å². The van der Waals surface area contributed by atoms with E-state index in [9.17, 15) is 23.9 Å². The van der Waals surface area contributed by atoms with Gasteiger partial charge < -0.3 is 36.5 Å². The van der Waals surface area contributed by atoms with Gasteiger partial charge in [0.2, 0.25) is 11.8 Å². The average molecular weight is 757 g/mol. The summed E-state index contributed by atoms with van der Waals surface area (Å²) in [6, 6.07) is 13.7. The molecule has 3 aromatic carbocycles. The monoisotopic (exact) mass is 755 g/mol. The van der Waals surface area contributed by atoms with Crippen LogP contribution in [0.25, 0.3) is 10.9 Å². The molecule has 3 amide bonds. The molecule has 51 heavy (non-hydrogen) atoms. The molecule has 0 spiro atoms. The lowest BCUT2D eigenvalue weighted by molar-refractivity contribution is -0.135. The zero-order chi connectivity index (χ0) is 36.9. The number of ether oxygens (including phenoxy) is 1. The number of halogens is 3. The van der Waals surface area contributed by atoms with E-state index in [0.717, 1.165) is 22.2 Å². The van der Waals surface area contributed by atoms with Crippen molar-refractivity contribution in [2.75, 3.05) is 0 Å². The van der Waals surface area contributed by atoms with Crippen LogP contribution in [0.3, 0.4) is 0 Å². The molecular formula is C37H40Cl2FN5O5S. The molecule has 1 aliphatic carbocycles. The summed E-state index contributed by atoms with van der Waals surface area (Å²) in [6.45, 7) is 3.66. The van der Waals surface area contributed by atoms with Crippen molar-refractivity contribution in [3.05, 3.63) is 98.9 Å². The molecule has 270 valence electrons. The number of aromatic amines is 1. The standard InChI is InChI=1S/C37H40Cl2FN5O5S/c1-3-20(2)31(33(41)51)44-35(48)37(14-13-29-27(18-37)26-16-23(38)17-28(39)32(26)42-29)45-34(47)30(12-9-21-7-10-25(46)11-8-21)43-36(49)50-19-22-5-4-6-24(40)15-22/h4-8,10-11,15-17,20,30-31,42,46H,3,9,12-14,18-19H2,1-2H3,(H2,41,51)(H,43,49)(H,44,48)(H,45,47)/t20-,30?,31-,37+/m0/s1. The van der Waals surface area contributed by atoms with Crippen molar-refractivity contribution < 1.29 is 28.6 Å². The van der Waals surface area contributed by atoms with E-state index >= 15 is 0 Å². The van der Waals surface area contributed by atoms with Crippen LogP contribution in [0.1, 0.15) is 55.5 Å². The first-order chi connectivity index (χ1) is 24.3. The lowest BCUT2D eigenvalue weighted by Crippen LogP contribution is -2.66. The minimum absolute atomic E-state index is 0.0792. The molecule has 1 aromatic heterocycles. The van der Waals surface area contributed by atoms with Crippen LogP contribution in [0.5, 0.6) is 5.75 Å². The summed E-state index contributed by atoms with van der Waals surface area (Å²) in [7, 11) is 0. The quantitative estimate of drug-likeness (QED) is 0.0861. The lowest BCUT2D eigenvalue weighted by Gasteiger charge is -2.39.